The fourth-order valence-corrected chi connectivity index (χ4v) is 2.85. The summed E-state index contributed by atoms with van der Waals surface area (Å²) in [4.78, 5) is 7.97. The average Bonchev–Trinajstić information content (AvgIpc) is 2.55. The summed E-state index contributed by atoms with van der Waals surface area (Å²) in [6, 6.07) is 7.37. The highest BCUT2D eigenvalue weighted by atomic mass is 19.3. The van der Waals surface area contributed by atoms with E-state index in [1.807, 2.05) is 12.1 Å². The summed E-state index contributed by atoms with van der Waals surface area (Å²) in [6.45, 7) is 3.57. The van der Waals surface area contributed by atoms with E-state index in [4.69, 9.17) is 4.74 Å². The first-order chi connectivity index (χ1) is 10.6. The number of para-hydroxylation sites is 1. The van der Waals surface area contributed by atoms with E-state index in [2.05, 4.69) is 22.2 Å². The monoisotopic (exact) mass is 307 g/mol. The lowest BCUT2D eigenvalue weighted by molar-refractivity contribution is 0.0622. The summed E-state index contributed by atoms with van der Waals surface area (Å²) in [5, 5.41) is 4.08. The maximum atomic E-state index is 13.0. The van der Waals surface area contributed by atoms with E-state index in [-0.39, 0.29) is 6.04 Å². The van der Waals surface area contributed by atoms with Crippen LogP contribution in [-0.4, -0.2) is 29.2 Å². The molecular formula is C16H19F2N3O. The number of hydrogen-bond acceptors (Lipinski definition) is 4. The molecule has 2 aromatic rings. The molecule has 118 valence electrons. The molecule has 1 unspecified atom stereocenters. The Morgan fingerprint density at radius 1 is 1.18 bits per heavy atom. The molecule has 0 radical (unpaired) electrons. The predicted molar refractivity (Wildman–Crippen MR) is 81.1 cm³/mol. The van der Waals surface area contributed by atoms with E-state index in [0.717, 1.165) is 31.4 Å². The van der Waals surface area contributed by atoms with Gasteiger partial charge in [-0.15, -0.1) is 0 Å². The van der Waals surface area contributed by atoms with Crippen molar-refractivity contribution < 1.29 is 13.5 Å². The normalized spacial score (nSPS) is 17.8. The minimum Gasteiger partial charge on any atom is -0.381 e. The molecule has 0 saturated carbocycles. The number of fused-ring (bicyclic) bond motifs is 1. The number of halogens is 2. The maximum absolute atomic E-state index is 13.0. The molecular weight excluding hydrogens is 288 g/mol. The predicted octanol–water partition coefficient (Wildman–Crippen LogP) is 3.79. The fraction of sp³-hybridized carbons (Fsp3) is 0.500. The third-order valence-corrected chi connectivity index (χ3v) is 4.15. The molecule has 1 aliphatic heterocycles. The lowest BCUT2D eigenvalue weighted by Gasteiger charge is -2.29. The summed E-state index contributed by atoms with van der Waals surface area (Å²) in [5.74, 6) is 0.512. The number of nitrogens with one attached hydrogen (secondary N) is 1. The Labute approximate surface area is 127 Å². The summed E-state index contributed by atoms with van der Waals surface area (Å²) < 4.78 is 31.4. The smallest absolute Gasteiger partial charge is 0.297 e. The molecule has 6 heteroatoms. The van der Waals surface area contributed by atoms with Crippen LogP contribution in [0.25, 0.3) is 10.9 Å². The molecule has 1 atom stereocenters. The molecule has 0 spiro atoms. The second-order valence-corrected chi connectivity index (χ2v) is 5.63. The Kier molecular flexibility index (Phi) is 4.47. The standard InChI is InChI=1S/C16H19F2N3O/c1-10(11-6-8-22-9-7-11)19-15-12-4-2-3-5-13(12)20-16(21-15)14(17)18/h2-5,10-11,14H,6-9H2,1H3,(H,19,20,21). The fourth-order valence-electron chi connectivity index (χ4n) is 2.85. The van der Waals surface area contributed by atoms with Crippen LogP contribution in [-0.2, 0) is 4.74 Å². The van der Waals surface area contributed by atoms with Gasteiger partial charge in [0.25, 0.3) is 6.43 Å². The van der Waals surface area contributed by atoms with Crippen LogP contribution < -0.4 is 5.32 Å². The van der Waals surface area contributed by atoms with E-state index in [1.165, 1.54) is 0 Å². The minimum atomic E-state index is -2.68. The molecule has 1 N–H and O–H groups in total. The summed E-state index contributed by atoms with van der Waals surface area (Å²) in [7, 11) is 0. The molecule has 0 aliphatic carbocycles. The Hall–Kier alpha value is -1.82. The van der Waals surface area contributed by atoms with Gasteiger partial charge in [-0.25, -0.2) is 18.7 Å². The van der Waals surface area contributed by atoms with Crippen molar-refractivity contribution in [2.45, 2.75) is 32.2 Å². The van der Waals surface area contributed by atoms with Crippen LogP contribution in [0.2, 0.25) is 0 Å². The van der Waals surface area contributed by atoms with Crippen LogP contribution in [0.4, 0.5) is 14.6 Å². The number of anilines is 1. The number of aromatic nitrogens is 2. The van der Waals surface area contributed by atoms with E-state index in [9.17, 15) is 8.78 Å². The van der Waals surface area contributed by atoms with Gasteiger partial charge in [0.2, 0.25) is 0 Å². The molecule has 2 heterocycles. The van der Waals surface area contributed by atoms with Crippen LogP contribution >= 0.6 is 0 Å². The molecule has 4 nitrogen and oxygen atoms in total. The first kappa shape index (κ1) is 15.1. The second-order valence-electron chi connectivity index (χ2n) is 5.63. The van der Waals surface area contributed by atoms with Gasteiger partial charge < -0.3 is 10.1 Å². The summed E-state index contributed by atoms with van der Waals surface area (Å²) >= 11 is 0. The van der Waals surface area contributed by atoms with Crippen molar-refractivity contribution in [2.75, 3.05) is 18.5 Å². The van der Waals surface area contributed by atoms with E-state index in [1.54, 1.807) is 12.1 Å². The van der Waals surface area contributed by atoms with Crippen LogP contribution in [0.15, 0.2) is 24.3 Å². The largest absolute Gasteiger partial charge is 0.381 e. The number of alkyl halides is 2. The highest BCUT2D eigenvalue weighted by molar-refractivity contribution is 5.89. The lowest BCUT2D eigenvalue weighted by Crippen LogP contribution is -2.31. The van der Waals surface area contributed by atoms with Crippen molar-refractivity contribution in [1.29, 1.82) is 0 Å². The zero-order valence-corrected chi connectivity index (χ0v) is 12.4. The molecule has 1 aromatic heterocycles. The minimum absolute atomic E-state index is 0.146. The Morgan fingerprint density at radius 3 is 2.64 bits per heavy atom. The van der Waals surface area contributed by atoms with Gasteiger partial charge in [0.15, 0.2) is 5.82 Å². The Balaban J connectivity index is 1.91. The highest BCUT2D eigenvalue weighted by Crippen LogP contribution is 2.27. The van der Waals surface area contributed by atoms with Gasteiger partial charge in [-0.2, -0.15) is 0 Å². The molecule has 22 heavy (non-hydrogen) atoms. The first-order valence-corrected chi connectivity index (χ1v) is 7.54. The van der Waals surface area contributed by atoms with Gasteiger partial charge in [0.05, 0.1) is 5.52 Å². The number of benzene rings is 1. The van der Waals surface area contributed by atoms with Crippen LogP contribution in [0, 0.1) is 5.92 Å². The lowest BCUT2D eigenvalue weighted by atomic mass is 9.93. The zero-order chi connectivity index (χ0) is 15.5. The van der Waals surface area contributed by atoms with Crippen LogP contribution in [0.5, 0.6) is 0 Å². The third kappa shape index (κ3) is 3.16. The maximum Gasteiger partial charge on any atom is 0.297 e. The number of nitrogens with zero attached hydrogens (tertiary/aromatic N) is 2. The van der Waals surface area contributed by atoms with Gasteiger partial charge in [-0.05, 0) is 37.8 Å². The molecule has 1 aromatic carbocycles. The SMILES string of the molecule is CC(Nc1nc(C(F)F)nc2ccccc12)C1CCOCC1. The first-order valence-electron chi connectivity index (χ1n) is 7.54. The van der Waals surface area contributed by atoms with Crippen molar-refractivity contribution in [2.24, 2.45) is 5.92 Å². The van der Waals surface area contributed by atoms with E-state index in [0.29, 0.717) is 17.3 Å². The van der Waals surface area contributed by atoms with Gasteiger partial charge in [-0.3, -0.25) is 0 Å². The van der Waals surface area contributed by atoms with Crippen molar-refractivity contribution in [1.82, 2.24) is 9.97 Å². The van der Waals surface area contributed by atoms with Crippen molar-refractivity contribution in [3.63, 3.8) is 0 Å². The van der Waals surface area contributed by atoms with Crippen LogP contribution in [0.3, 0.4) is 0 Å². The van der Waals surface area contributed by atoms with Crippen molar-refractivity contribution in [3.8, 4) is 0 Å². The summed E-state index contributed by atoms with van der Waals surface area (Å²) in [6.07, 6.45) is -0.735. The zero-order valence-electron chi connectivity index (χ0n) is 12.4. The van der Waals surface area contributed by atoms with Gasteiger partial charge >= 0.3 is 0 Å². The molecule has 0 amide bonds. The molecule has 1 aliphatic rings. The van der Waals surface area contributed by atoms with Gasteiger partial charge in [-0.1, -0.05) is 12.1 Å². The van der Waals surface area contributed by atoms with E-state index >= 15 is 0 Å². The Morgan fingerprint density at radius 2 is 1.91 bits per heavy atom. The third-order valence-electron chi connectivity index (χ3n) is 4.15. The van der Waals surface area contributed by atoms with Crippen molar-refractivity contribution in [3.05, 3.63) is 30.1 Å². The average molecular weight is 307 g/mol. The van der Waals surface area contributed by atoms with Crippen LogP contribution in [0.1, 0.15) is 32.0 Å². The van der Waals surface area contributed by atoms with Gasteiger partial charge in [0, 0.05) is 24.6 Å². The number of rotatable bonds is 4. The molecule has 0 bridgehead atoms. The second kappa shape index (κ2) is 6.52. The quantitative estimate of drug-likeness (QED) is 0.933. The number of ether oxygens (including phenoxy) is 1. The van der Waals surface area contributed by atoms with Crippen molar-refractivity contribution >= 4 is 16.7 Å². The summed E-state index contributed by atoms with van der Waals surface area (Å²) in [5.41, 5.74) is 0.537. The highest BCUT2D eigenvalue weighted by Gasteiger charge is 2.22. The molecule has 1 saturated heterocycles. The topological polar surface area (TPSA) is 47.0 Å². The molecule has 3 rings (SSSR count). The Bertz CT molecular complexity index is 644. The number of hydrogen-bond donors (Lipinski definition) is 1. The van der Waals surface area contributed by atoms with E-state index < -0.39 is 12.2 Å². The van der Waals surface area contributed by atoms with Gasteiger partial charge in [0.1, 0.15) is 5.82 Å². The molecule has 1 fully saturated rings.